The molecule has 1 unspecified atom stereocenters. The molecule has 0 spiro atoms. The first-order valence-electron chi connectivity index (χ1n) is 7.72. The van der Waals surface area contributed by atoms with Gasteiger partial charge in [0.25, 0.3) is 0 Å². The van der Waals surface area contributed by atoms with E-state index in [0.717, 1.165) is 19.4 Å². The second-order valence-electron chi connectivity index (χ2n) is 5.35. The predicted octanol–water partition coefficient (Wildman–Crippen LogP) is 3.88. The summed E-state index contributed by atoms with van der Waals surface area (Å²) in [5.74, 6) is 0. The van der Waals surface area contributed by atoms with Crippen molar-refractivity contribution in [3.8, 4) is 0 Å². The van der Waals surface area contributed by atoms with Crippen LogP contribution in [0.5, 0.6) is 0 Å². The van der Waals surface area contributed by atoms with Crippen molar-refractivity contribution < 1.29 is 0 Å². The smallest absolute Gasteiger partial charge is 0.0404 e. The van der Waals surface area contributed by atoms with Crippen LogP contribution in [-0.4, -0.2) is 17.6 Å². The zero-order valence-corrected chi connectivity index (χ0v) is 12.1. The van der Waals surface area contributed by atoms with Gasteiger partial charge in [-0.3, -0.25) is 4.98 Å². The molecule has 2 rings (SSSR count). The van der Waals surface area contributed by atoms with E-state index in [4.69, 9.17) is 0 Å². The fourth-order valence-electron chi connectivity index (χ4n) is 2.86. The van der Waals surface area contributed by atoms with E-state index in [1.807, 2.05) is 12.3 Å². The molecule has 0 aliphatic heterocycles. The fraction of sp³-hybridized carbons (Fsp3) is 0.588. The Kier molecular flexibility index (Phi) is 6.09. The summed E-state index contributed by atoms with van der Waals surface area (Å²) >= 11 is 0. The number of hydrogen-bond donors (Lipinski definition) is 1. The molecule has 0 fully saturated rings. The molecule has 104 valence electrons. The van der Waals surface area contributed by atoms with Crippen molar-refractivity contribution in [1.29, 1.82) is 0 Å². The Bertz CT molecular complexity index is 384. The number of nitrogens with zero attached hydrogens (tertiary/aromatic N) is 1. The van der Waals surface area contributed by atoms with Crippen LogP contribution >= 0.6 is 0 Å². The molecule has 1 atom stereocenters. The highest BCUT2D eigenvalue weighted by Gasteiger charge is 2.14. The van der Waals surface area contributed by atoms with E-state index in [-0.39, 0.29) is 0 Å². The number of allylic oxidation sites excluding steroid dienone is 1. The van der Waals surface area contributed by atoms with E-state index in [9.17, 15) is 0 Å². The molecule has 0 amide bonds. The number of pyridine rings is 1. The van der Waals surface area contributed by atoms with Crippen LogP contribution in [0.4, 0.5) is 0 Å². The monoisotopic (exact) mass is 258 g/mol. The molecule has 1 aromatic heterocycles. The average Bonchev–Trinajstić information content (AvgIpc) is 2.73. The molecule has 0 radical (unpaired) electrons. The topological polar surface area (TPSA) is 24.9 Å². The summed E-state index contributed by atoms with van der Waals surface area (Å²) in [5.41, 5.74) is 2.84. The normalized spacial score (nSPS) is 17.6. The Labute approximate surface area is 117 Å². The van der Waals surface area contributed by atoms with Crippen molar-refractivity contribution in [2.24, 2.45) is 0 Å². The van der Waals surface area contributed by atoms with Gasteiger partial charge in [-0.1, -0.05) is 31.1 Å². The predicted molar refractivity (Wildman–Crippen MR) is 81.2 cm³/mol. The van der Waals surface area contributed by atoms with Crippen LogP contribution in [0.2, 0.25) is 0 Å². The molecule has 1 aliphatic rings. The lowest BCUT2D eigenvalue weighted by atomic mass is 9.97. The molecule has 2 heteroatoms. The van der Waals surface area contributed by atoms with Crippen LogP contribution in [0.1, 0.15) is 51.1 Å². The molecule has 1 aliphatic carbocycles. The quantitative estimate of drug-likeness (QED) is 0.783. The van der Waals surface area contributed by atoms with E-state index < -0.39 is 0 Å². The Morgan fingerprint density at radius 3 is 3.00 bits per heavy atom. The van der Waals surface area contributed by atoms with Crippen LogP contribution < -0.4 is 5.32 Å². The number of hydrogen-bond acceptors (Lipinski definition) is 2. The summed E-state index contributed by atoms with van der Waals surface area (Å²) < 4.78 is 0. The highest BCUT2D eigenvalue weighted by atomic mass is 14.9. The highest BCUT2D eigenvalue weighted by Crippen LogP contribution is 2.22. The van der Waals surface area contributed by atoms with Crippen molar-refractivity contribution in [1.82, 2.24) is 10.3 Å². The largest absolute Gasteiger partial charge is 0.311 e. The Hall–Kier alpha value is -1.15. The maximum atomic E-state index is 4.43. The lowest BCUT2D eigenvalue weighted by Crippen LogP contribution is -2.31. The standard InChI is InChI=1S/C17H26N2/c1-2-18-17(15-9-5-3-4-6-10-15)13-12-16-11-7-8-14-19-16/h7-9,11,14,17-18H,2-6,10,12-13H2,1H3. The van der Waals surface area contributed by atoms with Crippen molar-refractivity contribution in [2.75, 3.05) is 6.54 Å². The number of aryl methyl sites for hydroxylation is 1. The van der Waals surface area contributed by atoms with Gasteiger partial charge >= 0.3 is 0 Å². The third kappa shape index (κ3) is 4.79. The van der Waals surface area contributed by atoms with Crippen LogP contribution in [0.25, 0.3) is 0 Å². The maximum Gasteiger partial charge on any atom is 0.0404 e. The lowest BCUT2D eigenvalue weighted by Gasteiger charge is -2.21. The van der Waals surface area contributed by atoms with E-state index in [1.165, 1.54) is 37.8 Å². The third-order valence-corrected chi connectivity index (χ3v) is 3.89. The molecule has 1 heterocycles. The zero-order chi connectivity index (χ0) is 13.3. The van der Waals surface area contributed by atoms with Crippen molar-refractivity contribution in [3.63, 3.8) is 0 Å². The van der Waals surface area contributed by atoms with Gasteiger partial charge in [0.15, 0.2) is 0 Å². The minimum Gasteiger partial charge on any atom is -0.311 e. The average molecular weight is 258 g/mol. The summed E-state index contributed by atoms with van der Waals surface area (Å²) in [6.07, 6.45) is 13.3. The Balaban J connectivity index is 1.93. The molecule has 0 aromatic carbocycles. The van der Waals surface area contributed by atoms with Gasteiger partial charge in [-0.15, -0.1) is 0 Å². The van der Waals surface area contributed by atoms with Gasteiger partial charge < -0.3 is 5.32 Å². The maximum absolute atomic E-state index is 4.43. The summed E-state index contributed by atoms with van der Waals surface area (Å²) in [4.78, 5) is 4.43. The Morgan fingerprint density at radius 1 is 1.26 bits per heavy atom. The van der Waals surface area contributed by atoms with Crippen LogP contribution in [-0.2, 0) is 6.42 Å². The van der Waals surface area contributed by atoms with Crippen molar-refractivity contribution in [3.05, 3.63) is 41.7 Å². The summed E-state index contributed by atoms with van der Waals surface area (Å²) in [7, 11) is 0. The molecule has 1 N–H and O–H groups in total. The fourth-order valence-corrected chi connectivity index (χ4v) is 2.86. The van der Waals surface area contributed by atoms with Gasteiger partial charge in [0.05, 0.1) is 0 Å². The van der Waals surface area contributed by atoms with Crippen LogP contribution in [0, 0.1) is 0 Å². The first-order chi connectivity index (χ1) is 9.40. The van der Waals surface area contributed by atoms with E-state index in [1.54, 1.807) is 5.57 Å². The van der Waals surface area contributed by atoms with Gasteiger partial charge in [0.1, 0.15) is 0 Å². The molecular weight excluding hydrogens is 232 g/mol. The summed E-state index contributed by atoms with van der Waals surface area (Å²) in [6, 6.07) is 6.74. The van der Waals surface area contributed by atoms with Gasteiger partial charge in [0, 0.05) is 17.9 Å². The molecule has 19 heavy (non-hydrogen) atoms. The molecule has 1 aromatic rings. The van der Waals surface area contributed by atoms with Crippen molar-refractivity contribution in [2.45, 2.75) is 57.9 Å². The summed E-state index contributed by atoms with van der Waals surface area (Å²) in [5, 5.41) is 3.65. The number of aromatic nitrogens is 1. The molecular formula is C17H26N2. The number of nitrogens with one attached hydrogen (secondary N) is 1. The second kappa shape index (κ2) is 8.11. The minimum absolute atomic E-state index is 0.546. The number of rotatable bonds is 6. The van der Waals surface area contributed by atoms with Gasteiger partial charge in [-0.05, 0) is 57.2 Å². The zero-order valence-electron chi connectivity index (χ0n) is 12.1. The Morgan fingerprint density at radius 2 is 2.21 bits per heavy atom. The minimum atomic E-state index is 0.546. The SMILES string of the molecule is CCNC(CCc1ccccn1)C1=CCCCCC1. The van der Waals surface area contributed by atoms with E-state index >= 15 is 0 Å². The van der Waals surface area contributed by atoms with Gasteiger partial charge in [-0.2, -0.15) is 0 Å². The molecule has 2 nitrogen and oxygen atoms in total. The highest BCUT2D eigenvalue weighted by molar-refractivity contribution is 5.13. The van der Waals surface area contributed by atoms with E-state index in [2.05, 4.69) is 35.4 Å². The summed E-state index contributed by atoms with van der Waals surface area (Å²) in [6.45, 7) is 3.25. The lowest BCUT2D eigenvalue weighted by molar-refractivity contribution is 0.529. The van der Waals surface area contributed by atoms with Crippen molar-refractivity contribution >= 4 is 0 Å². The van der Waals surface area contributed by atoms with Gasteiger partial charge in [0.2, 0.25) is 0 Å². The second-order valence-corrected chi connectivity index (χ2v) is 5.35. The molecule has 0 saturated heterocycles. The first kappa shape index (κ1) is 14.3. The molecule has 0 saturated carbocycles. The molecule has 0 bridgehead atoms. The van der Waals surface area contributed by atoms with Crippen LogP contribution in [0.15, 0.2) is 36.0 Å². The first-order valence-corrected chi connectivity index (χ1v) is 7.72. The van der Waals surface area contributed by atoms with E-state index in [0.29, 0.717) is 6.04 Å². The van der Waals surface area contributed by atoms with Gasteiger partial charge in [-0.25, -0.2) is 0 Å². The number of likely N-dealkylation sites (N-methyl/N-ethyl adjacent to an activating group) is 1. The van der Waals surface area contributed by atoms with Crippen LogP contribution in [0.3, 0.4) is 0 Å². The third-order valence-electron chi connectivity index (χ3n) is 3.89.